The highest BCUT2D eigenvalue weighted by Gasteiger charge is 2.51. The molecular formula is C54H36BN4OP. The molecule has 9 aromatic carbocycles. The zero-order chi connectivity index (χ0) is 40.2. The quantitative estimate of drug-likeness (QED) is 0.131. The zero-order valence-corrected chi connectivity index (χ0v) is 33.9. The predicted octanol–water partition coefficient (Wildman–Crippen LogP) is 11.0. The van der Waals surface area contributed by atoms with E-state index in [0.717, 1.165) is 89.6 Å². The van der Waals surface area contributed by atoms with Crippen molar-refractivity contribution in [3.63, 3.8) is 0 Å². The van der Waals surface area contributed by atoms with Gasteiger partial charge in [0.25, 0.3) is 6.71 Å². The fourth-order valence-corrected chi connectivity index (χ4v) is 13.8. The van der Waals surface area contributed by atoms with Crippen molar-refractivity contribution in [3.05, 3.63) is 218 Å². The van der Waals surface area contributed by atoms with Crippen molar-refractivity contribution in [2.45, 2.75) is 0 Å². The summed E-state index contributed by atoms with van der Waals surface area (Å²) < 4.78 is 17.3. The summed E-state index contributed by atoms with van der Waals surface area (Å²) in [5.74, 6) is 0. The van der Waals surface area contributed by atoms with Gasteiger partial charge in [0.2, 0.25) is 0 Å². The zero-order valence-electron chi connectivity index (χ0n) is 33.0. The number of hydrogen-bond acceptors (Lipinski definition) is 5. The van der Waals surface area contributed by atoms with Crippen LogP contribution in [-0.4, -0.2) is 6.71 Å². The van der Waals surface area contributed by atoms with Crippen LogP contribution in [-0.2, 0) is 4.57 Å². The Bertz CT molecular complexity index is 3270. The molecule has 4 heterocycles. The first-order chi connectivity index (χ1) is 30.2. The lowest BCUT2D eigenvalue weighted by molar-refractivity contribution is 0.592. The number of benzene rings is 9. The van der Waals surface area contributed by atoms with Crippen LogP contribution in [0.25, 0.3) is 0 Å². The van der Waals surface area contributed by atoms with Crippen LogP contribution in [0.3, 0.4) is 0 Å². The summed E-state index contributed by atoms with van der Waals surface area (Å²) in [7, 11) is -3.54. The average Bonchev–Trinajstić information content (AvgIpc) is 3.32. The third kappa shape index (κ3) is 4.71. The SMILES string of the molecule is O=P12c3ccccc3N(c3ccccc3)c3cccc(c31)N(c1ccccc1)c1cc3c(cc12)B1c2ccccc2N(c2ccccc2)c2cccc(c21)N3c1ccccc1. The van der Waals surface area contributed by atoms with Crippen molar-refractivity contribution < 1.29 is 4.57 Å². The van der Waals surface area contributed by atoms with E-state index >= 15 is 4.57 Å². The van der Waals surface area contributed by atoms with Crippen LogP contribution in [0.2, 0.25) is 0 Å². The Labute approximate surface area is 355 Å². The van der Waals surface area contributed by atoms with E-state index in [9.17, 15) is 0 Å². The third-order valence-electron chi connectivity index (χ3n) is 12.9. The molecule has 4 aliphatic rings. The second kappa shape index (κ2) is 13.0. The van der Waals surface area contributed by atoms with Crippen molar-refractivity contribution in [3.8, 4) is 0 Å². The summed E-state index contributed by atoms with van der Waals surface area (Å²) in [6.45, 7) is -0.128. The van der Waals surface area contributed by atoms with Gasteiger partial charge in [-0.05, 0) is 113 Å². The number of rotatable bonds is 4. The summed E-state index contributed by atoms with van der Waals surface area (Å²) in [4.78, 5) is 9.49. The minimum Gasteiger partial charge on any atom is -0.311 e. The van der Waals surface area contributed by atoms with Crippen LogP contribution < -0.4 is 51.9 Å². The highest BCUT2D eigenvalue weighted by molar-refractivity contribution is 7.86. The Hall–Kier alpha value is -7.53. The molecule has 7 heteroatoms. The molecule has 0 aromatic heterocycles. The molecule has 0 fully saturated rings. The molecule has 13 rings (SSSR count). The number of para-hydroxylation sites is 6. The van der Waals surface area contributed by atoms with Crippen molar-refractivity contribution in [1.82, 2.24) is 0 Å². The van der Waals surface area contributed by atoms with Crippen LogP contribution in [0.15, 0.2) is 218 Å². The van der Waals surface area contributed by atoms with Crippen molar-refractivity contribution >= 4 is 114 Å². The number of nitrogens with zero attached hydrogens (tertiary/aromatic N) is 4. The molecule has 61 heavy (non-hydrogen) atoms. The Morgan fingerprint density at radius 3 is 1.28 bits per heavy atom. The summed E-state index contributed by atoms with van der Waals surface area (Å²) in [6.07, 6.45) is 0. The number of anilines is 12. The maximum absolute atomic E-state index is 17.3. The van der Waals surface area contributed by atoms with Crippen LogP contribution in [0, 0.1) is 0 Å². The van der Waals surface area contributed by atoms with Crippen molar-refractivity contribution in [1.29, 1.82) is 0 Å². The minimum atomic E-state index is -3.54. The van der Waals surface area contributed by atoms with E-state index in [-0.39, 0.29) is 6.71 Å². The third-order valence-corrected chi connectivity index (χ3v) is 16.1. The van der Waals surface area contributed by atoms with Crippen molar-refractivity contribution in [2.75, 3.05) is 19.6 Å². The van der Waals surface area contributed by atoms with Gasteiger partial charge in [0.05, 0.1) is 28.1 Å². The molecular weight excluding hydrogens is 762 g/mol. The summed E-state index contributed by atoms with van der Waals surface area (Å²) >= 11 is 0. The molecule has 1 unspecified atom stereocenters. The molecule has 4 aliphatic heterocycles. The lowest BCUT2D eigenvalue weighted by atomic mass is 9.33. The second-order valence-electron chi connectivity index (χ2n) is 16.0. The standard InChI is InChI=1S/C54H36BN4OP/c60-61-51-34-16-15-29-44(51)57(38-21-7-2-8-22-38)47-32-18-33-48(54(47)61)59(40-25-11-4-12-26-40)50-36-49-42(35-52(50)61)55-41-27-13-14-28-43(41)56(37-19-5-1-6-20-37)45-30-17-31-46(53(45)55)58(49)39-23-9-3-10-24-39/h1-36H. The molecule has 9 aromatic rings. The van der Waals surface area contributed by atoms with E-state index in [1.807, 2.05) is 12.1 Å². The smallest absolute Gasteiger partial charge is 0.252 e. The lowest BCUT2D eigenvalue weighted by Gasteiger charge is -2.47. The predicted molar refractivity (Wildman–Crippen MR) is 256 cm³/mol. The number of hydrogen-bond donors (Lipinski definition) is 0. The Kier molecular flexibility index (Phi) is 7.31. The Balaban J connectivity index is 1.16. The molecule has 0 spiro atoms. The Morgan fingerprint density at radius 2 is 0.721 bits per heavy atom. The van der Waals surface area contributed by atoms with Gasteiger partial charge in [0.15, 0.2) is 7.14 Å². The fourth-order valence-electron chi connectivity index (χ4n) is 10.5. The molecule has 0 saturated heterocycles. The van der Waals surface area contributed by atoms with E-state index in [0.29, 0.717) is 0 Å². The first kappa shape index (κ1) is 34.3. The van der Waals surface area contributed by atoms with Crippen LogP contribution in [0.1, 0.15) is 0 Å². The van der Waals surface area contributed by atoms with Crippen LogP contribution >= 0.6 is 7.14 Å². The fraction of sp³-hybridized carbons (Fsp3) is 0. The van der Waals surface area contributed by atoms with Crippen LogP contribution in [0.5, 0.6) is 0 Å². The van der Waals surface area contributed by atoms with E-state index in [2.05, 4.69) is 226 Å². The van der Waals surface area contributed by atoms with Gasteiger partial charge in [-0.15, -0.1) is 0 Å². The molecule has 0 amide bonds. The van der Waals surface area contributed by atoms with E-state index in [1.165, 1.54) is 10.9 Å². The molecule has 0 N–H and O–H groups in total. The van der Waals surface area contributed by atoms with Gasteiger partial charge in [-0.25, -0.2) is 0 Å². The van der Waals surface area contributed by atoms with E-state index < -0.39 is 7.14 Å². The number of fused-ring (bicyclic) bond motifs is 8. The molecule has 1 atom stereocenters. The van der Waals surface area contributed by atoms with Gasteiger partial charge >= 0.3 is 0 Å². The molecule has 0 aliphatic carbocycles. The van der Waals surface area contributed by atoms with Gasteiger partial charge < -0.3 is 24.2 Å². The van der Waals surface area contributed by atoms with Crippen LogP contribution in [0.4, 0.5) is 68.2 Å². The van der Waals surface area contributed by atoms with Gasteiger partial charge in [-0.2, -0.15) is 0 Å². The van der Waals surface area contributed by atoms with Crippen molar-refractivity contribution in [2.24, 2.45) is 0 Å². The van der Waals surface area contributed by atoms with E-state index in [4.69, 9.17) is 0 Å². The highest BCUT2D eigenvalue weighted by Crippen LogP contribution is 2.62. The van der Waals surface area contributed by atoms with E-state index in [1.54, 1.807) is 0 Å². The summed E-state index contributed by atoms with van der Waals surface area (Å²) in [5, 5.41) is 2.57. The van der Waals surface area contributed by atoms with Gasteiger partial charge in [0, 0.05) is 56.1 Å². The first-order valence-corrected chi connectivity index (χ1v) is 22.5. The average molecular weight is 799 g/mol. The minimum absolute atomic E-state index is 0.128. The molecule has 0 radical (unpaired) electrons. The monoisotopic (exact) mass is 798 g/mol. The van der Waals surface area contributed by atoms with Gasteiger partial charge in [-0.1, -0.05) is 121 Å². The summed E-state index contributed by atoms with van der Waals surface area (Å²) in [6, 6.07) is 77.4. The normalized spacial score (nSPS) is 16.2. The maximum atomic E-state index is 17.3. The summed E-state index contributed by atoms with van der Waals surface area (Å²) in [5.41, 5.74) is 16.0. The molecule has 0 saturated carbocycles. The molecule has 286 valence electrons. The first-order valence-electron chi connectivity index (χ1n) is 20.8. The second-order valence-corrected chi connectivity index (χ2v) is 18.7. The maximum Gasteiger partial charge on any atom is 0.252 e. The van der Waals surface area contributed by atoms with Gasteiger partial charge in [0.1, 0.15) is 0 Å². The van der Waals surface area contributed by atoms with Gasteiger partial charge in [-0.3, -0.25) is 0 Å². The lowest BCUT2D eigenvalue weighted by Crippen LogP contribution is -2.62. The molecule has 0 bridgehead atoms. The largest absolute Gasteiger partial charge is 0.311 e. The molecule has 5 nitrogen and oxygen atoms in total. The Morgan fingerprint density at radius 1 is 0.311 bits per heavy atom. The highest BCUT2D eigenvalue weighted by atomic mass is 31.2. The topological polar surface area (TPSA) is 30.0 Å².